The molecule has 0 aromatic heterocycles. The number of nitrogens with zero attached hydrogens (tertiary/aromatic N) is 2. The summed E-state index contributed by atoms with van der Waals surface area (Å²) < 4.78 is 0. The Labute approximate surface area is 150 Å². The Hall–Kier alpha value is -2.17. The molecule has 1 heterocycles. The average Bonchev–Trinajstić information content (AvgIpc) is 2.63. The van der Waals surface area contributed by atoms with Gasteiger partial charge in [-0.15, -0.1) is 0 Å². The third-order valence-corrected chi connectivity index (χ3v) is 4.95. The molecular weight excluding hydrogens is 316 g/mol. The molecule has 0 saturated carbocycles. The van der Waals surface area contributed by atoms with E-state index in [2.05, 4.69) is 0 Å². The first-order chi connectivity index (χ1) is 12.0. The molecular formula is C20H28N2O3. The van der Waals surface area contributed by atoms with E-state index in [0.29, 0.717) is 25.1 Å². The Morgan fingerprint density at radius 3 is 1.68 bits per heavy atom. The van der Waals surface area contributed by atoms with Crippen molar-refractivity contribution in [2.75, 3.05) is 13.1 Å². The summed E-state index contributed by atoms with van der Waals surface area (Å²) >= 11 is 0. The lowest BCUT2D eigenvalue weighted by atomic mass is 9.74. The molecule has 1 aliphatic heterocycles. The first-order valence-electron chi connectivity index (χ1n) is 9.27. The Morgan fingerprint density at radius 2 is 1.28 bits per heavy atom. The standard InChI is InChI=1S/C20H28N2O3/c1-4-7-14-21-17(23)20(6-3,16-12-10-9-11-13-16)18(24)22(19(21)25)15-8-5-2/h9-13H,4-8,14-15H2,1-3H3. The molecule has 1 aliphatic rings. The second kappa shape index (κ2) is 8.28. The largest absolute Gasteiger partial charge is 0.333 e. The molecule has 136 valence electrons. The molecule has 1 fully saturated rings. The Balaban J connectivity index is 2.53. The molecule has 0 N–H and O–H groups in total. The highest BCUT2D eigenvalue weighted by Crippen LogP contribution is 2.37. The van der Waals surface area contributed by atoms with E-state index in [9.17, 15) is 14.4 Å². The van der Waals surface area contributed by atoms with Gasteiger partial charge in [0.15, 0.2) is 5.41 Å². The molecule has 5 heteroatoms. The van der Waals surface area contributed by atoms with Gasteiger partial charge in [0, 0.05) is 13.1 Å². The minimum atomic E-state index is -1.29. The number of carbonyl (C=O) groups is 3. The second-order valence-electron chi connectivity index (χ2n) is 6.53. The molecule has 0 radical (unpaired) electrons. The smallest absolute Gasteiger partial charge is 0.273 e. The number of urea groups is 1. The molecule has 2 rings (SSSR count). The van der Waals surface area contributed by atoms with Gasteiger partial charge in [-0.05, 0) is 24.8 Å². The summed E-state index contributed by atoms with van der Waals surface area (Å²) in [4.78, 5) is 41.9. The normalized spacial score (nSPS) is 17.3. The van der Waals surface area contributed by atoms with Crippen molar-refractivity contribution in [2.45, 2.75) is 58.3 Å². The maximum Gasteiger partial charge on any atom is 0.333 e. The van der Waals surface area contributed by atoms with E-state index in [1.54, 1.807) is 0 Å². The van der Waals surface area contributed by atoms with E-state index < -0.39 is 11.4 Å². The maximum atomic E-state index is 13.3. The quantitative estimate of drug-likeness (QED) is 0.675. The van der Waals surface area contributed by atoms with Gasteiger partial charge in [-0.3, -0.25) is 19.4 Å². The highest BCUT2D eigenvalue weighted by molar-refractivity contribution is 6.22. The van der Waals surface area contributed by atoms with E-state index in [0.717, 1.165) is 25.7 Å². The van der Waals surface area contributed by atoms with Crippen molar-refractivity contribution >= 4 is 17.8 Å². The van der Waals surface area contributed by atoms with Gasteiger partial charge in [-0.2, -0.15) is 0 Å². The van der Waals surface area contributed by atoms with Crippen LogP contribution in [-0.2, 0) is 15.0 Å². The third-order valence-electron chi connectivity index (χ3n) is 4.95. The molecule has 1 aromatic carbocycles. The lowest BCUT2D eigenvalue weighted by Gasteiger charge is -2.44. The highest BCUT2D eigenvalue weighted by Gasteiger charge is 2.56. The lowest BCUT2D eigenvalue weighted by molar-refractivity contribution is -0.152. The molecule has 1 saturated heterocycles. The Kier molecular flexibility index (Phi) is 6.34. The van der Waals surface area contributed by atoms with E-state index in [1.807, 2.05) is 51.1 Å². The van der Waals surface area contributed by atoms with Crippen molar-refractivity contribution in [1.29, 1.82) is 0 Å². The number of hydrogen-bond donors (Lipinski definition) is 0. The van der Waals surface area contributed by atoms with Crippen LogP contribution in [0.2, 0.25) is 0 Å². The first-order valence-corrected chi connectivity index (χ1v) is 9.27. The van der Waals surface area contributed by atoms with E-state index in [4.69, 9.17) is 0 Å². The fraction of sp³-hybridized carbons (Fsp3) is 0.550. The van der Waals surface area contributed by atoms with Crippen molar-refractivity contribution in [3.63, 3.8) is 0 Å². The van der Waals surface area contributed by atoms with Crippen LogP contribution in [0.4, 0.5) is 4.79 Å². The monoisotopic (exact) mass is 344 g/mol. The molecule has 0 spiro atoms. The number of carbonyl (C=O) groups excluding carboxylic acids is 3. The fourth-order valence-electron chi connectivity index (χ4n) is 3.37. The molecule has 1 aromatic rings. The molecule has 0 unspecified atom stereocenters. The van der Waals surface area contributed by atoms with Gasteiger partial charge in [0.05, 0.1) is 0 Å². The zero-order valence-electron chi connectivity index (χ0n) is 15.5. The van der Waals surface area contributed by atoms with Crippen LogP contribution in [0.1, 0.15) is 58.4 Å². The van der Waals surface area contributed by atoms with Gasteiger partial charge in [0.25, 0.3) is 11.8 Å². The number of rotatable bonds is 8. The van der Waals surface area contributed by atoms with Gasteiger partial charge >= 0.3 is 6.03 Å². The molecule has 4 amide bonds. The maximum absolute atomic E-state index is 13.3. The predicted octanol–water partition coefficient (Wildman–Crippen LogP) is 3.73. The molecule has 5 nitrogen and oxygen atoms in total. The van der Waals surface area contributed by atoms with Gasteiger partial charge in [-0.25, -0.2) is 4.79 Å². The van der Waals surface area contributed by atoms with Gasteiger partial charge in [-0.1, -0.05) is 63.9 Å². The molecule has 0 atom stereocenters. The van der Waals surface area contributed by atoms with Crippen LogP contribution in [0, 0.1) is 0 Å². The van der Waals surface area contributed by atoms with Crippen LogP contribution >= 0.6 is 0 Å². The first kappa shape index (κ1) is 19.2. The number of benzene rings is 1. The fourth-order valence-corrected chi connectivity index (χ4v) is 3.37. The van der Waals surface area contributed by atoms with Crippen molar-refractivity contribution in [1.82, 2.24) is 9.80 Å². The van der Waals surface area contributed by atoms with Crippen LogP contribution in [0.15, 0.2) is 30.3 Å². The SMILES string of the molecule is CCCCN1C(=O)N(CCCC)C(=O)C(CC)(c2ccccc2)C1=O. The number of imide groups is 2. The van der Waals surface area contributed by atoms with Crippen molar-refractivity contribution in [3.8, 4) is 0 Å². The number of amides is 4. The van der Waals surface area contributed by atoms with Crippen molar-refractivity contribution in [3.05, 3.63) is 35.9 Å². The number of hydrogen-bond acceptors (Lipinski definition) is 3. The van der Waals surface area contributed by atoms with Crippen molar-refractivity contribution in [2.24, 2.45) is 0 Å². The van der Waals surface area contributed by atoms with E-state index in [-0.39, 0.29) is 11.8 Å². The highest BCUT2D eigenvalue weighted by atomic mass is 16.2. The Bertz CT molecular complexity index is 597. The van der Waals surface area contributed by atoms with Gasteiger partial charge < -0.3 is 0 Å². The summed E-state index contributed by atoms with van der Waals surface area (Å²) in [7, 11) is 0. The van der Waals surface area contributed by atoms with Crippen LogP contribution < -0.4 is 0 Å². The molecule has 0 aliphatic carbocycles. The Morgan fingerprint density at radius 1 is 0.800 bits per heavy atom. The zero-order valence-corrected chi connectivity index (χ0v) is 15.5. The third kappa shape index (κ3) is 3.32. The van der Waals surface area contributed by atoms with Crippen LogP contribution in [0.5, 0.6) is 0 Å². The summed E-state index contributed by atoms with van der Waals surface area (Å²) in [5.74, 6) is -0.755. The summed E-state index contributed by atoms with van der Waals surface area (Å²) in [6.45, 7) is 6.60. The summed E-state index contributed by atoms with van der Waals surface area (Å²) in [5, 5.41) is 0. The number of barbiturate groups is 1. The van der Waals surface area contributed by atoms with Crippen LogP contribution in [0.25, 0.3) is 0 Å². The minimum absolute atomic E-state index is 0.340. The van der Waals surface area contributed by atoms with Crippen LogP contribution in [-0.4, -0.2) is 40.7 Å². The second-order valence-corrected chi connectivity index (χ2v) is 6.53. The van der Waals surface area contributed by atoms with Crippen molar-refractivity contribution < 1.29 is 14.4 Å². The number of unbranched alkanes of at least 4 members (excludes halogenated alkanes) is 2. The van der Waals surface area contributed by atoms with Crippen LogP contribution in [0.3, 0.4) is 0 Å². The lowest BCUT2D eigenvalue weighted by Crippen LogP contribution is -2.67. The van der Waals surface area contributed by atoms with Gasteiger partial charge in [0.1, 0.15) is 0 Å². The average molecular weight is 344 g/mol. The molecule has 0 bridgehead atoms. The summed E-state index contributed by atoms with van der Waals surface area (Å²) in [5.41, 5.74) is -0.626. The predicted molar refractivity (Wildman–Crippen MR) is 97.0 cm³/mol. The van der Waals surface area contributed by atoms with E-state index in [1.165, 1.54) is 9.80 Å². The minimum Gasteiger partial charge on any atom is -0.273 e. The topological polar surface area (TPSA) is 57.7 Å². The molecule has 25 heavy (non-hydrogen) atoms. The summed E-state index contributed by atoms with van der Waals surface area (Å²) in [6.07, 6.45) is 3.58. The van der Waals surface area contributed by atoms with Gasteiger partial charge in [0.2, 0.25) is 0 Å². The van der Waals surface area contributed by atoms with E-state index >= 15 is 0 Å². The summed E-state index contributed by atoms with van der Waals surface area (Å²) in [6, 6.07) is 8.68. The zero-order chi connectivity index (χ0) is 18.4.